The normalized spacial score (nSPS) is 12.4. The van der Waals surface area contributed by atoms with E-state index in [1.165, 1.54) is 24.3 Å². The Balaban J connectivity index is 4.52. The molecule has 3 nitrogen and oxygen atoms in total. The van der Waals surface area contributed by atoms with Crippen molar-refractivity contribution in [3.05, 3.63) is 47.1 Å². The Hall–Kier alpha value is -1.90. The second-order valence-corrected chi connectivity index (χ2v) is 4.44. The lowest BCUT2D eigenvalue weighted by Crippen LogP contribution is -2.02. The van der Waals surface area contributed by atoms with Crippen molar-refractivity contribution in [1.29, 1.82) is 0 Å². The first kappa shape index (κ1) is 17.1. The van der Waals surface area contributed by atoms with Crippen molar-refractivity contribution in [3.8, 4) is 0 Å². The number of hydrogen-bond donors (Lipinski definition) is 0. The Morgan fingerprint density at radius 2 is 1.84 bits per heavy atom. The van der Waals surface area contributed by atoms with Gasteiger partial charge in [-0.15, -0.1) is 0 Å². The Morgan fingerprint density at radius 3 is 2.37 bits per heavy atom. The van der Waals surface area contributed by atoms with E-state index in [0.717, 1.165) is 12.8 Å². The molecule has 0 saturated carbocycles. The summed E-state index contributed by atoms with van der Waals surface area (Å²) < 4.78 is 4.57. The molecular weight excluding hydrogens is 240 g/mol. The number of hydrogen-bond acceptors (Lipinski definition) is 3. The maximum Gasteiger partial charge on any atom is 0.337 e. The maximum atomic E-state index is 11.3. The van der Waals surface area contributed by atoms with Crippen molar-refractivity contribution in [1.82, 2.24) is 0 Å². The first-order valence-electron chi connectivity index (χ1n) is 6.22. The number of allylic oxidation sites excluding steroid dienone is 6. The van der Waals surface area contributed by atoms with Crippen LogP contribution in [0.4, 0.5) is 0 Å². The molecule has 0 aliphatic carbocycles. The van der Waals surface area contributed by atoms with Gasteiger partial charge in [-0.25, -0.2) is 4.79 Å². The summed E-state index contributed by atoms with van der Waals surface area (Å²) in [6.07, 6.45) is 11.2. The van der Waals surface area contributed by atoms with E-state index >= 15 is 0 Å². The van der Waals surface area contributed by atoms with Gasteiger partial charge in [-0.3, -0.25) is 4.79 Å². The monoisotopic (exact) mass is 262 g/mol. The first-order valence-corrected chi connectivity index (χ1v) is 6.22. The number of esters is 1. The highest BCUT2D eigenvalue weighted by atomic mass is 16.5. The fourth-order valence-corrected chi connectivity index (χ4v) is 1.37. The molecule has 0 atom stereocenters. The van der Waals surface area contributed by atoms with Crippen LogP contribution in [0.3, 0.4) is 0 Å². The van der Waals surface area contributed by atoms with Gasteiger partial charge >= 0.3 is 5.97 Å². The number of ether oxygens (including phenoxy) is 1. The van der Waals surface area contributed by atoms with Gasteiger partial charge in [-0.05, 0) is 45.8 Å². The third kappa shape index (κ3) is 8.77. The minimum atomic E-state index is -0.515. The lowest BCUT2D eigenvalue weighted by Gasteiger charge is -1.98. The molecule has 0 saturated heterocycles. The van der Waals surface area contributed by atoms with Crippen molar-refractivity contribution >= 4 is 12.3 Å². The van der Waals surface area contributed by atoms with Gasteiger partial charge in [-0.2, -0.15) is 0 Å². The quantitative estimate of drug-likeness (QED) is 0.232. The van der Waals surface area contributed by atoms with Gasteiger partial charge in [0.25, 0.3) is 0 Å². The minimum Gasteiger partial charge on any atom is -0.465 e. The van der Waals surface area contributed by atoms with E-state index in [4.69, 9.17) is 0 Å². The van der Waals surface area contributed by atoms with Crippen molar-refractivity contribution in [2.75, 3.05) is 7.11 Å². The highest BCUT2D eigenvalue weighted by Gasteiger charge is 2.03. The third-order valence-corrected chi connectivity index (χ3v) is 2.42. The molecule has 0 bridgehead atoms. The Morgan fingerprint density at radius 1 is 1.16 bits per heavy atom. The molecule has 0 spiro atoms. The van der Waals surface area contributed by atoms with Crippen LogP contribution >= 0.6 is 0 Å². The van der Waals surface area contributed by atoms with Gasteiger partial charge in [-0.1, -0.05) is 29.4 Å². The molecule has 0 fully saturated rings. The van der Waals surface area contributed by atoms with Crippen LogP contribution < -0.4 is 0 Å². The van der Waals surface area contributed by atoms with Crippen LogP contribution in [0.5, 0.6) is 0 Å². The zero-order valence-electron chi connectivity index (χ0n) is 12.1. The minimum absolute atomic E-state index is 0.242. The molecule has 0 amide bonds. The van der Waals surface area contributed by atoms with E-state index in [9.17, 15) is 9.59 Å². The maximum absolute atomic E-state index is 11.3. The van der Waals surface area contributed by atoms with Crippen LogP contribution in [0.15, 0.2) is 47.1 Å². The lowest BCUT2D eigenvalue weighted by molar-refractivity contribution is -0.135. The van der Waals surface area contributed by atoms with E-state index in [-0.39, 0.29) is 5.57 Å². The average molecular weight is 262 g/mol. The van der Waals surface area contributed by atoms with Gasteiger partial charge in [0.15, 0.2) is 0 Å². The molecular formula is C16H22O3. The molecule has 0 aromatic heterocycles. The number of carbonyl (C=O) groups is 2. The summed E-state index contributed by atoms with van der Waals surface area (Å²) in [5.74, 6) is -0.515. The Labute approximate surface area is 115 Å². The second-order valence-electron chi connectivity index (χ2n) is 4.44. The summed E-state index contributed by atoms with van der Waals surface area (Å²) in [5, 5.41) is 0. The van der Waals surface area contributed by atoms with Gasteiger partial charge in [0.05, 0.1) is 12.7 Å². The van der Waals surface area contributed by atoms with Gasteiger partial charge in [0, 0.05) is 0 Å². The van der Waals surface area contributed by atoms with Crippen LogP contribution in [0.25, 0.3) is 0 Å². The number of methoxy groups -OCH3 is 1. The molecule has 3 heteroatoms. The van der Waals surface area contributed by atoms with Crippen molar-refractivity contribution in [2.45, 2.75) is 33.6 Å². The van der Waals surface area contributed by atoms with E-state index in [2.05, 4.69) is 24.7 Å². The van der Waals surface area contributed by atoms with Crippen molar-refractivity contribution < 1.29 is 14.3 Å². The van der Waals surface area contributed by atoms with E-state index in [1.807, 2.05) is 13.0 Å². The highest BCUT2D eigenvalue weighted by molar-refractivity contribution is 5.95. The predicted octanol–water partition coefficient (Wildman–Crippen LogP) is 3.53. The molecule has 0 aromatic carbocycles. The van der Waals surface area contributed by atoms with Gasteiger partial charge < -0.3 is 4.74 Å². The number of carbonyl (C=O) groups excluding carboxylic acids is 2. The summed E-state index contributed by atoms with van der Waals surface area (Å²) in [6.45, 7) is 6.18. The molecule has 0 unspecified atom stereocenters. The predicted molar refractivity (Wildman–Crippen MR) is 77.7 cm³/mol. The van der Waals surface area contributed by atoms with Gasteiger partial charge in [0.1, 0.15) is 6.29 Å². The Bertz CT molecular complexity index is 419. The second kappa shape index (κ2) is 10.1. The van der Waals surface area contributed by atoms with Crippen LogP contribution in [-0.4, -0.2) is 19.4 Å². The van der Waals surface area contributed by atoms with E-state index < -0.39 is 5.97 Å². The molecule has 0 aliphatic heterocycles. The van der Waals surface area contributed by atoms with E-state index in [1.54, 1.807) is 12.2 Å². The summed E-state index contributed by atoms with van der Waals surface area (Å²) in [6, 6.07) is 0. The first-order chi connectivity index (χ1) is 9.01. The molecule has 19 heavy (non-hydrogen) atoms. The molecule has 0 N–H and O–H groups in total. The number of rotatable bonds is 7. The summed E-state index contributed by atoms with van der Waals surface area (Å²) in [5.41, 5.74) is 2.76. The summed E-state index contributed by atoms with van der Waals surface area (Å²) >= 11 is 0. The molecule has 104 valence electrons. The summed E-state index contributed by atoms with van der Waals surface area (Å²) in [4.78, 5) is 21.7. The molecule has 0 heterocycles. The molecule has 0 aromatic rings. The zero-order valence-corrected chi connectivity index (χ0v) is 12.1. The largest absolute Gasteiger partial charge is 0.465 e. The number of aldehydes is 1. The smallest absolute Gasteiger partial charge is 0.337 e. The third-order valence-electron chi connectivity index (χ3n) is 2.42. The Kier molecular flexibility index (Phi) is 9.06. The zero-order chi connectivity index (χ0) is 14.7. The summed E-state index contributed by atoms with van der Waals surface area (Å²) in [7, 11) is 1.29. The molecule has 0 aliphatic rings. The van der Waals surface area contributed by atoms with Crippen molar-refractivity contribution in [3.63, 3.8) is 0 Å². The molecule has 0 radical (unpaired) electrons. The van der Waals surface area contributed by atoms with Crippen LogP contribution in [0.2, 0.25) is 0 Å². The topological polar surface area (TPSA) is 43.4 Å². The lowest BCUT2D eigenvalue weighted by atomic mass is 10.1. The highest BCUT2D eigenvalue weighted by Crippen LogP contribution is 2.07. The fraction of sp³-hybridized carbons (Fsp3) is 0.375. The van der Waals surface area contributed by atoms with Crippen LogP contribution in [0, 0.1) is 0 Å². The van der Waals surface area contributed by atoms with Crippen molar-refractivity contribution in [2.24, 2.45) is 0 Å². The molecule has 0 rings (SSSR count). The standard InChI is InChI=1S/C16H22O3/c1-13(2)7-5-8-14(3)9-6-10-15(11-12-17)16(18)19-4/h6-7,9-12H,5,8H2,1-4H3/b10-6+,14-9+,15-11+. The fourth-order valence-electron chi connectivity index (χ4n) is 1.37. The SMILES string of the molecule is COC(=O)C(/C=C/C=C(\C)CCC=C(C)C)=C/C=O. The average Bonchev–Trinajstić information content (AvgIpc) is 2.36. The van der Waals surface area contributed by atoms with Crippen LogP contribution in [-0.2, 0) is 14.3 Å². The van der Waals surface area contributed by atoms with Gasteiger partial charge in [0.2, 0.25) is 0 Å². The van der Waals surface area contributed by atoms with E-state index in [0.29, 0.717) is 6.29 Å². The van der Waals surface area contributed by atoms with Crippen LogP contribution in [0.1, 0.15) is 33.6 Å².